The number of likely N-dealkylation sites (tertiary alicyclic amines) is 1. The predicted molar refractivity (Wildman–Crippen MR) is 87.7 cm³/mol. The number of benzene rings is 1. The maximum absolute atomic E-state index is 12.0. The van der Waals surface area contributed by atoms with Crippen molar-refractivity contribution in [3.05, 3.63) is 35.9 Å². The van der Waals surface area contributed by atoms with E-state index in [0.717, 1.165) is 12.0 Å². The first-order chi connectivity index (χ1) is 11.1. The van der Waals surface area contributed by atoms with Gasteiger partial charge in [0.2, 0.25) is 5.91 Å². The van der Waals surface area contributed by atoms with Gasteiger partial charge in [-0.1, -0.05) is 30.3 Å². The largest absolute Gasteiger partial charge is 0.374 e. The molecule has 1 aromatic carbocycles. The van der Waals surface area contributed by atoms with Gasteiger partial charge in [0.15, 0.2) is 0 Å². The maximum atomic E-state index is 12.0. The van der Waals surface area contributed by atoms with E-state index in [-0.39, 0.29) is 24.0 Å². The van der Waals surface area contributed by atoms with Crippen LogP contribution in [0.25, 0.3) is 0 Å². The molecule has 0 aromatic heterocycles. The molecule has 3 N–H and O–H groups in total. The van der Waals surface area contributed by atoms with Crippen LogP contribution in [0.3, 0.4) is 0 Å². The summed E-state index contributed by atoms with van der Waals surface area (Å²) in [5.74, 6) is -0.542. The van der Waals surface area contributed by atoms with Crippen LogP contribution in [-0.4, -0.2) is 43.1 Å². The Labute approximate surface area is 137 Å². The van der Waals surface area contributed by atoms with E-state index in [2.05, 4.69) is 5.32 Å². The molecule has 0 spiro atoms. The van der Waals surface area contributed by atoms with Gasteiger partial charge in [-0.15, -0.1) is 0 Å². The van der Waals surface area contributed by atoms with Gasteiger partial charge in [-0.2, -0.15) is 0 Å². The van der Waals surface area contributed by atoms with E-state index >= 15 is 0 Å². The summed E-state index contributed by atoms with van der Waals surface area (Å²) in [5.41, 5.74) is 6.41. The van der Waals surface area contributed by atoms with Gasteiger partial charge in [0.25, 0.3) is 0 Å². The molecule has 126 valence electrons. The smallest absolute Gasteiger partial charge is 0.317 e. The lowest BCUT2D eigenvalue weighted by atomic mass is 10.1. The molecule has 6 nitrogen and oxygen atoms in total. The van der Waals surface area contributed by atoms with Crippen LogP contribution in [0.2, 0.25) is 0 Å². The highest BCUT2D eigenvalue weighted by Crippen LogP contribution is 2.16. The number of primary amides is 1. The van der Waals surface area contributed by atoms with E-state index in [1.807, 2.05) is 37.3 Å². The Hall–Kier alpha value is -2.08. The molecule has 23 heavy (non-hydrogen) atoms. The standard InChI is InChI=1S/C17H25N3O3/c1-13(14-6-3-2-4-7-14)23-11-5-9-19-17(22)20-10-8-15(12-20)16(18)21/h2-4,6-7,13,15H,5,8-12H2,1H3,(H2,18,21)(H,19,22)/t13-,15-/m1/s1. The van der Waals surface area contributed by atoms with Gasteiger partial charge in [-0.3, -0.25) is 4.79 Å². The molecule has 1 saturated heterocycles. The Kier molecular flexibility index (Phi) is 6.40. The number of nitrogens with zero attached hydrogens (tertiary/aromatic N) is 1. The van der Waals surface area contributed by atoms with E-state index in [4.69, 9.17) is 10.5 Å². The molecule has 1 heterocycles. The molecule has 2 rings (SSSR count). The fourth-order valence-electron chi connectivity index (χ4n) is 2.64. The number of hydrogen-bond acceptors (Lipinski definition) is 3. The molecule has 1 fully saturated rings. The summed E-state index contributed by atoms with van der Waals surface area (Å²) in [4.78, 5) is 24.7. The van der Waals surface area contributed by atoms with Crippen molar-refractivity contribution in [2.75, 3.05) is 26.2 Å². The third kappa shape index (κ3) is 5.25. The van der Waals surface area contributed by atoms with Crippen LogP contribution >= 0.6 is 0 Å². The van der Waals surface area contributed by atoms with E-state index in [1.54, 1.807) is 4.90 Å². The number of hydrogen-bond donors (Lipinski definition) is 2. The summed E-state index contributed by atoms with van der Waals surface area (Å²) in [5, 5.41) is 2.85. The van der Waals surface area contributed by atoms with Crippen LogP contribution in [0, 0.1) is 5.92 Å². The first-order valence-electron chi connectivity index (χ1n) is 8.06. The van der Waals surface area contributed by atoms with Crippen LogP contribution in [0.1, 0.15) is 31.4 Å². The molecule has 1 aliphatic rings. The molecule has 0 radical (unpaired) electrons. The highest BCUT2D eigenvalue weighted by atomic mass is 16.5. The summed E-state index contributed by atoms with van der Waals surface area (Å²) >= 11 is 0. The Morgan fingerprint density at radius 2 is 2.13 bits per heavy atom. The van der Waals surface area contributed by atoms with Gasteiger partial charge in [-0.05, 0) is 25.3 Å². The molecule has 0 saturated carbocycles. The fraction of sp³-hybridized carbons (Fsp3) is 0.529. The summed E-state index contributed by atoms with van der Waals surface area (Å²) < 4.78 is 5.76. The molecule has 1 aromatic rings. The molecule has 0 bridgehead atoms. The van der Waals surface area contributed by atoms with Gasteiger partial charge >= 0.3 is 6.03 Å². The molecule has 0 aliphatic carbocycles. The SMILES string of the molecule is C[C@@H](OCCCNC(=O)N1CC[C@@H](C(N)=O)C1)c1ccccc1. The Balaban J connectivity index is 1.59. The molecular formula is C17H25N3O3. The van der Waals surface area contributed by atoms with E-state index in [9.17, 15) is 9.59 Å². The predicted octanol–water partition coefficient (Wildman–Crippen LogP) is 1.67. The lowest BCUT2D eigenvalue weighted by molar-refractivity contribution is -0.121. The van der Waals surface area contributed by atoms with Crippen LogP contribution in [0.5, 0.6) is 0 Å². The second-order valence-electron chi connectivity index (χ2n) is 5.84. The molecule has 1 aliphatic heterocycles. The van der Waals surface area contributed by atoms with Crippen LogP contribution in [0.4, 0.5) is 4.79 Å². The van der Waals surface area contributed by atoms with Crippen molar-refractivity contribution < 1.29 is 14.3 Å². The lowest BCUT2D eigenvalue weighted by Gasteiger charge is -2.17. The monoisotopic (exact) mass is 319 g/mol. The minimum Gasteiger partial charge on any atom is -0.374 e. The lowest BCUT2D eigenvalue weighted by Crippen LogP contribution is -2.40. The van der Waals surface area contributed by atoms with Crippen molar-refractivity contribution >= 4 is 11.9 Å². The fourth-order valence-corrected chi connectivity index (χ4v) is 2.64. The van der Waals surface area contributed by atoms with Gasteiger partial charge in [0, 0.05) is 26.2 Å². The summed E-state index contributed by atoms with van der Waals surface area (Å²) in [7, 11) is 0. The zero-order chi connectivity index (χ0) is 16.7. The van der Waals surface area contributed by atoms with Crippen molar-refractivity contribution in [2.24, 2.45) is 11.7 Å². The maximum Gasteiger partial charge on any atom is 0.317 e. The number of carbonyl (C=O) groups excluding carboxylic acids is 2. The topological polar surface area (TPSA) is 84.7 Å². The molecule has 2 atom stereocenters. The summed E-state index contributed by atoms with van der Waals surface area (Å²) in [6.45, 7) is 4.16. The number of ether oxygens (including phenoxy) is 1. The number of amides is 3. The molecule has 6 heteroatoms. The Morgan fingerprint density at radius 3 is 2.78 bits per heavy atom. The van der Waals surface area contributed by atoms with Gasteiger partial charge < -0.3 is 20.7 Å². The summed E-state index contributed by atoms with van der Waals surface area (Å²) in [6, 6.07) is 9.90. The normalized spacial score (nSPS) is 18.7. The average Bonchev–Trinajstić information content (AvgIpc) is 3.05. The number of nitrogens with two attached hydrogens (primary N) is 1. The minimum absolute atomic E-state index is 0.0433. The number of carbonyl (C=O) groups is 2. The zero-order valence-corrected chi connectivity index (χ0v) is 13.5. The van der Waals surface area contributed by atoms with Crippen LogP contribution in [-0.2, 0) is 9.53 Å². The van der Waals surface area contributed by atoms with Gasteiger partial charge in [0.1, 0.15) is 0 Å². The quantitative estimate of drug-likeness (QED) is 0.750. The molecule has 0 unspecified atom stereocenters. The first-order valence-corrected chi connectivity index (χ1v) is 8.06. The number of nitrogens with one attached hydrogen (secondary N) is 1. The van der Waals surface area contributed by atoms with Crippen LogP contribution < -0.4 is 11.1 Å². The highest BCUT2D eigenvalue weighted by molar-refractivity contribution is 5.80. The van der Waals surface area contributed by atoms with Gasteiger partial charge in [0.05, 0.1) is 12.0 Å². The zero-order valence-electron chi connectivity index (χ0n) is 13.5. The van der Waals surface area contributed by atoms with Crippen LogP contribution in [0.15, 0.2) is 30.3 Å². The van der Waals surface area contributed by atoms with Crippen molar-refractivity contribution in [3.8, 4) is 0 Å². The van der Waals surface area contributed by atoms with Crippen molar-refractivity contribution in [1.82, 2.24) is 10.2 Å². The average molecular weight is 319 g/mol. The third-order valence-corrected chi connectivity index (χ3v) is 4.11. The van der Waals surface area contributed by atoms with Crippen molar-refractivity contribution in [2.45, 2.75) is 25.9 Å². The Bertz CT molecular complexity index is 521. The highest BCUT2D eigenvalue weighted by Gasteiger charge is 2.29. The third-order valence-electron chi connectivity index (χ3n) is 4.11. The van der Waals surface area contributed by atoms with Gasteiger partial charge in [-0.25, -0.2) is 4.79 Å². The minimum atomic E-state index is -0.330. The molecule has 3 amide bonds. The first kappa shape index (κ1) is 17.3. The molecular weight excluding hydrogens is 294 g/mol. The number of rotatable bonds is 7. The summed E-state index contributed by atoms with van der Waals surface area (Å²) in [6.07, 6.45) is 1.44. The van der Waals surface area contributed by atoms with Crippen molar-refractivity contribution in [3.63, 3.8) is 0 Å². The van der Waals surface area contributed by atoms with E-state index in [1.165, 1.54) is 0 Å². The second kappa shape index (κ2) is 8.53. The van der Waals surface area contributed by atoms with E-state index < -0.39 is 0 Å². The Morgan fingerprint density at radius 1 is 1.39 bits per heavy atom. The van der Waals surface area contributed by atoms with Crippen molar-refractivity contribution in [1.29, 1.82) is 0 Å². The number of urea groups is 1. The van der Waals surface area contributed by atoms with E-state index in [0.29, 0.717) is 32.7 Å². The second-order valence-corrected chi connectivity index (χ2v) is 5.84.